The maximum Gasteiger partial charge on any atom is 0.175 e. The van der Waals surface area contributed by atoms with Crippen LogP contribution in [0, 0.1) is 11.3 Å². The highest BCUT2D eigenvalue weighted by atomic mass is 32.1. The van der Waals surface area contributed by atoms with Gasteiger partial charge in [0.2, 0.25) is 0 Å². The number of nitrogens with zero attached hydrogens (tertiary/aromatic N) is 5. The summed E-state index contributed by atoms with van der Waals surface area (Å²) in [7, 11) is 0. The second-order valence-corrected chi connectivity index (χ2v) is 4.63. The smallest absolute Gasteiger partial charge is 0.175 e. The lowest BCUT2D eigenvalue weighted by Crippen LogP contribution is -1.74. The van der Waals surface area contributed by atoms with Crippen molar-refractivity contribution in [3.05, 3.63) is 42.1 Å². The minimum atomic E-state index is -0.0705. The van der Waals surface area contributed by atoms with Crippen LogP contribution in [-0.4, -0.2) is 14.5 Å². The number of azo groups is 1. The van der Waals surface area contributed by atoms with Crippen molar-refractivity contribution in [1.82, 2.24) is 9.36 Å². The fourth-order valence-corrected chi connectivity index (χ4v) is 2.28. The van der Waals surface area contributed by atoms with E-state index in [1.54, 1.807) is 12.3 Å². The molecule has 0 fully saturated rings. The molecule has 96 valence electrons. The van der Waals surface area contributed by atoms with Crippen molar-refractivity contribution in [3.8, 4) is 11.8 Å². The van der Waals surface area contributed by atoms with E-state index in [0.29, 0.717) is 16.3 Å². The Morgan fingerprint density at radius 2 is 2.15 bits per heavy atom. The molecule has 0 amide bonds. The van der Waals surface area contributed by atoms with Gasteiger partial charge in [0.25, 0.3) is 0 Å². The predicted molar refractivity (Wildman–Crippen MR) is 74.4 cm³/mol. The van der Waals surface area contributed by atoms with E-state index in [1.807, 2.05) is 18.2 Å². The van der Waals surface area contributed by atoms with Gasteiger partial charge in [-0.3, -0.25) is 0 Å². The first-order chi connectivity index (χ1) is 9.78. The molecule has 3 aromatic rings. The number of benzene rings is 1. The van der Waals surface area contributed by atoms with E-state index in [2.05, 4.69) is 19.6 Å². The van der Waals surface area contributed by atoms with Crippen LogP contribution in [0.1, 0.15) is 5.56 Å². The largest absolute Gasteiger partial charge is 0.507 e. The van der Waals surface area contributed by atoms with Gasteiger partial charge in [-0.1, -0.05) is 0 Å². The molecule has 2 heterocycles. The fourth-order valence-electron chi connectivity index (χ4n) is 1.62. The highest BCUT2D eigenvalue weighted by molar-refractivity contribution is 7.11. The van der Waals surface area contributed by atoms with Gasteiger partial charge in [-0.2, -0.15) is 9.64 Å². The summed E-state index contributed by atoms with van der Waals surface area (Å²) in [6, 6.07) is 10.0. The summed E-state index contributed by atoms with van der Waals surface area (Å²) >= 11 is 1.21. The molecule has 0 aliphatic rings. The van der Waals surface area contributed by atoms with Crippen LogP contribution in [0.15, 0.2) is 46.8 Å². The van der Waals surface area contributed by atoms with Crippen molar-refractivity contribution in [2.75, 3.05) is 0 Å². The first-order valence-electron chi connectivity index (χ1n) is 5.63. The van der Waals surface area contributed by atoms with E-state index in [4.69, 9.17) is 5.26 Å². The van der Waals surface area contributed by atoms with Gasteiger partial charge in [0, 0.05) is 6.20 Å². The summed E-state index contributed by atoms with van der Waals surface area (Å²) in [5, 5.41) is 27.9. The van der Waals surface area contributed by atoms with E-state index >= 15 is 0 Å². The molecule has 0 aliphatic carbocycles. The van der Waals surface area contributed by atoms with Crippen LogP contribution >= 0.6 is 11.5 Å². The molecule has 0 saturated heterocycles. The van der Waals surface area contributed by atoms with Crippen LogP contribution < -0.4 is 0 Å². The van der Waals surface area contributed by atoms with Crippen LogP contribution in [0.4, 0.5) is 10.7 Å². The summed E-state index contributed by atoms with van der Waals surface area (Å²) < 4.78 is 4.16. The van der Waals surface area contributed by atoms with Crippen molar-refractivity contribution >= 4 is 33.3 Å². The van der Waals surface area contributed by atoms with Crippen molar-refractivity contribution in [2.24, 2.45) is 10.2 Å². The summed E-state index contributed by atoms with van der Waals surface area (Å²) in [5.41, 5.74) is 1.29. The zero-order chi connectivity index (χ0) is 13.9. The number of nitriles is 1. The monoisotopic (exact) mass is 281 g/mol. The van der Waals surface area contributed by atoms with E-state index in [9.17, 15) is 5.11 Å². The van der Waals surface area contributed by atoms with Crippen LogP contribution in [0.25, 0.3) is 11.0 Å². The molecule has 6 nitrogen and oxygen atoms in total. The lowest BCUT2D eigenvalue weighted by Gasteiger charge is -1.96. The fraction of sp³-hybridized carbons (Fsp3) is 0. The Morgan fingerprint density at radius 1 is 1.25 bits per heavy atom. The Hall–Kier alpha value is -2.85. The highest BCUT2D eigenvalue weighted by Crippen LogP contribution is 2.31. The van der Waals surface area contributed by atoms with Crippen molar-refractivity contribution in [2.45, 2.75) is 0 Å². The molecule has 0 aliphatic heterocycles. The van der Waals surface area contributed by atoms with Crippen LogP contribution in [0.5, 0.6) is 5.75 Å². The average molecular weight is 281 g/mol. The number of aromatic nitrogens is 2. The average Bonchev–Trinajstić information content (AvgIpc) is 2.90. The van der Waals surface area contributed by atoms with E-state index < -0.39 is 0 Å². The van der Waals surface area contributed by atoms with Gasteiger partial charge in [-0.25, -0.2) is 4.98 Å². The molecule has 0 unspecified atom stereocenters. The van der Waals surface area contributed by atoms with Crippen LogP contribution in [0.3, 0.4) is 0 Å². The molecule has 1 aromatic carbocycles. The van der Waals surface area contributed by atoms with Gasteiger partial charge in [0.1, 0.15) is 11.8 Å². The van der Waals surface area contributed by atoms with Gasteiger partial charge in [-0.15, -0.1) is 10.2 Å². The first-order valence-corrected chi connectivity index (χ1v) is 6.40. The molecule has 0 radical (unpaired) electrons. The van der Waals surface area contributed by atoms with Crippen LogP contribution in [0.2, 0.25) is 0 Å². The summed E-state index contributed by atoms with van der Waals surface area (Å²) in [4.78, 5) is 4.12. The number of aromatic hydroxyl groups is 1. The summed E-state index contributed by atoms with van der Waals surface area (Å²) in [5.74, 6) is -0.0705. The maximum absolute atomic E-state index is 9.42. The van der Waals surface area contributed by atoms with Gasteiger partial charge in [0.15, 0.2) is 10.6 Å². The molecule has 2 aromatic heterocycles. The second kappa shape index (κ2) is 5.03. The number of phenols is 1. The zero-order valence-corrected chi connectivity index (χ0v) is 10.9. The molecule has 20 heavy (non-hydrogen) atoms. The minimum Gasteiger partial charge on any atom is -0.507 e. The molecule has 0 atom stereocenters. The highest BCUT2D eigenvalue weighted by Gasteiger charge is 2.05. The number of rotatable bonds is 2. The van der Waals surface area contributed by atoms with Gasteiger partial charge < -0.3 is 5.11 Å². The molecule has 0 saturated carbocycles. The van der Waals surface area contributed by atoms with Gasteiger partial charge >= 0.3 is 0 Å². The summed E-state index contributed by atoms with van der Waals surface area (Å²) in [6.07, 6.45) is 1.67. The zero-order valence-electron chi connectivity index (χ0n) is 10.1. The minimum absolute atomic E-state index is 0.0705. The van der Waals surface area contributed by atoms with E-state index in [0.717, 1.165) is 5.39 Å². The number of pyridine rings is 1. The predicted octanol–water partition coefficient (Wildman–Crippen LogP) is 3.68. The molecular formula is C13H7N5OS. The summed E-state index contributed by atoms with van der Waals surface area (Å²) in [6.45, 7) is 0. The Bertz CT molecular complexity index is 849. The Labute approximate surface area is 117 Å². The molecule has 7 heteroatoms. The van der Waals surface area contributed by atoms with Crippen molar-refractivity contribution in [3.63, 3.8) is 0 Å². The van der Waals surface area contributed by atoms with Crippen molar-refractivity contribution < 1.29 is 5.11 Å². The third kappa shape index (κ3) is 2.20. The molecule has 0 bridgehead atoms. The van der Waals surface area contributed by atoms with Crippen LogP contribution in [-0.2, 0) is 0 Å². The Kier molecular flexibility index (Phi) is 3.07. The van der Waals surface area contributed by atoms with Gasteiger partial charge in [0.05, 0.1) is 16.6 Å². The Morgan fingerprint density at radius 3 is 3.00 bits per heavy atom. The number of hydrogen-bond acceptors (Lipinski definition) is 7. The lowest BCUT2D eigenvalue weighted by atomic mass is 10.2. The van der Waals surface area contributed by atoms with E-state index in [1.165, 1.54) is 23.7 Å². The quantitative estimate of drug-likeness (QED) is 0.725. The van der Waals surface area contributed by atoms with Crippen molar-refractivity contribution in [1.29, 1.82) is 5.26 Å². The second-order valence-electron chi connectivity index (χ2n) is 3.88. The molecule has 3 rings (SSSR count). The van der Waals surface area contributed by atoms with E-state index in [-0.39, 0.29) is 11.3 Å². The molecular weight excluding hydrogens is 274 g/mol. The third-order valence-electron chi connectivity index (χ3n) is 2.59. The first kappa shape index (κ1) is 12.2. The molecule has 0 spiro atoms. The lowest BCUT2D eigenvalue weighted by molar-refractivity contribution is 0.473. The third-order valence-corrected chi connectivity index (χ3v) is 3.33. The maximum atomic E-state index is 9.42. The topological polar surface area (TPSA) is 94.5 Å². The molecule has 1 N–H and O–H groups in total. The van der Waals surface area contributed by atoms with Gasteiger partial charge in [-0.05, 0) is 41.9 Å². The standard InChI is InChI=1S/C13H7N5OS/c14-7-8-6-9(3-4-11(8)19)16-17-13-10-2-1-5-15-12(10)18-20-13/h1-6,19H/b17-16+. The SMILES string of the molecule is N#Cc1cc(/N=N/c2snc3ncccc23)ccc1O. The Balaban J connectivity index is 1.97. The normalized spacial score (nSPS) is 10.9. The number of phenolic OH excluding ortho intramolecular Hbond substituents is 1. The number of hydrogen-bond donors (Lipinski definition) is 1. The number of fused-ring (bicyclic) bond motifs is 1.